The van der Waals surface area contributed by atoms with E-state index in [0.29, 0.717) is 23.3 Å². The maximum absolute atomic E-state index is 13.3. The van der Waals surface area contributed by atoms with Crippen molar-refractivity contribution < 1.29 is 17.6 Å². The van der Waals surface area contributed by atoms with Crippen LogP contribution in [-0.4, -0.2) is 23.9 Å². The van der Waals surface area contributed by atoms with Crippen LogP contribution < -0.4 is 21.3 Å². The predicted molar refractivity (Wildman–Crippen MR) is 152 cm³/mol. The van der Waals surface area contributed by atoms with Gasteiger partial charge in [-0.15, -0.1) is 11.3 Å². The van der Waals surface area contributed by atoms with E-state index in [2.05, 4.69) is 15.0 Å². The molecule has 0 radical (unpaired) electrons. The van der Waals surface area contributed by atoms with E-state index in [1.807, 2.05) is 0 Å². The molecule has 0 aliphatic heterocycles. The van der Waals surface area contributed by atoms with Crippen LogP contribution in [-0.2, 0) is 16.6 Å². The molecular formula is C28H23FN4O5S2. The Bertz CT molecular complexity index is 1990. The van der Waals surface area contributed by atoms with Crippen LogP contribution in [0.25, 0.3) is 16.6 Å². The number of hydrogen-bond acceptors (Lipinski definition) is 7. The molecule has 2 aromatic heterocycles. The zero-order valence-electron chi connectivity index (χ0n) is 21.3. The molecule has 0 bridgehead atoms. The number of rotatable bonds is 7. The van der Waals surface area contributed by atoms with E-state index < -0.39 is 27.2 Å². The van der Waals surface area contributed by atoms with Gasteiger partial charge in [0.05, 0.1) is 16.6 Å². The van der Waals surface area contributed by atoms with Crippen molar-refractivity contribution in [2.75, 3.05) is 5.32 Å². The number of aryl methyl sites for hydroxylation is 2. The topological polar surface area (TPSA) is 130 Å². The number of nitrogens with one attached hydrogen (secondary N) is 3. The van der Waals surface area contributed by atoms with Gasteiger partial charge in [0.1, 0.15) is 10.0 Å². The summed E-state index contributed by atoms with van der Waals surface area (Å²) < 4.78 is 41.3. The Morgan fingerprint density at radius 3 is 2.40 bits per heavy atom. The molecule has 3 N–H and O–H groups in total. The van der Waals surface area contributed by atoms with E-state index >= 15 is 0 Å². The quantitative estimate of drug-likeness (QED) is 0.265. The van der Waals surface area contributed by atoms with E-state index in [-0.39, 0.29) is 26.7 Å². The number of anilines is 1. The second-order valence-corrected chi connectivity index (χ2v) is 12.3. The maximum Gasteiger partial charge on any atom is 0.333 e. The van der Waals surface area contributed by atoms with Crippen molar-refractivity contribution in [2.24, 2.45) is 0 Å². The molecule has 0 fully saturated rings. The number of fused-ring (bicyclic) bond motifs is 1. The summed E-state index contributed by atoms with van der Waals surface area (Å²) in [5, 5.41) is 3.44. The molecule has 5 rings (SSSR count). The van der Waals surface area contributed by atoms with E-state index in [4.69, 9.17) is 0 Å². The third-order valence-corrected chi connectivity index (χ3v) is 9.05. The third kappa shape index (κ3) is 5.44. The van der Waals surface area contributed by atoms with Gasteiger partial charge in [0.2, 0.25) is 0 Å². The number of sulfonamides is 1. The van der Waals surface area contributed by atoms with Crippen LogP contribution >= 0.6 is 11.3 Å². The van der Waals surface area contributed by atoms with Gasteiger partial charge in [-0.05, 0) is 85.6 Å². The zero-order valence-corrected chi connectivity index (χ0v) is 23.0. The summed E-state index contributed by atoms with van der Waals surface area (Å²) >= 11 is 1.05. The number of amides is 1. The summed E-state index contributed by atoms with van der Waals surface area (Å²) in [6.45, 7) is 3.76. The van der Waals surface area contributed by atoms with E-state index in [1.54, 1.807) is 50.2 Å². The highest BCUT2D eigenvalue weighted by atomic mass is 32.2. The van der Waals surface area contributed by atoms with Gasteiger partial charge in [0.25, 0.3) is 21.5 Å². The average Bonchev–Trinajstić information content (AvgIpc) is 3.35. The van der Waals surface area contributed by atoms with Gasteiger partial charge in [0.15, 0.2) is 0 Å². The number of halogens is 1. The SMILES string of the molecule is Cc1ccc(S(=O)(=O)NC(=O)c2ccc(-n3c(=O)[nH]c4cc(NCc5ccc(F)cc5)ccc4c3=O)cc2C)s1. The normalized spacial score (nSPS) is 11.5. The van der Waals surface area contributed by atoms with E-state index in [0.717, 1.165) is 26.3 Å². The van der Waals surface area contributed by atoms with Gasteiger partial charge < -0.3 is 10.3 Å². The molecule has 40 heavy (non-hydrogen) atoms. The Morgan fingerprint density at radius 1 is 0.975 bits per heavy atom. The van der Waals surface area contributed by atoms with Crippen LogP contribution in [0.3, 0.4) is 0 Å². The Kier molecular flexibility index (Phi) is 7.13. The lowest BCUT2D eigenvalue weighted by Gasteiger charge is -2.12. The Balaban J connectivity index is 1.40. The van der Waals surface area contributed by atoms with Gasteiger partial charge in [-0.2, -0.15) is 0 Å². The van der Waals surface area contributed by atoms with Crippen molar-refractivity contribution in [1.82, 2.24) is 14.3 Å². The molecule has 5 aromatic rings. The molecule has 0 atom stereocenters. The second kappa shape index (κ2) is 10.5. The van der Waals surface area contributed by atoms with Crippen molar-refractivity contribution in [2.45, 2.75) is 24.6 Å². The molecule has 2 heterocycles. The highest BCUT2D eigenvalue weighted by Crippen LogP contribution is 2.22. The number of H-pyrrole nitrogens is 1. The van der Waals surface area contributed by atoms with Gasteiger partial charge >= 0.3 is 5.69 Å². The number of thiophene rings is 1. The smallest absolute Gasteiger partial charge is 0.333 e. The number of carbonyl (C=O) groups excluding carboxylic acids is 1. The van der Waals surface area contributed by atoms with Gasteiger partial charge in [-0.25, -0.2) is 26.9 Å². The fraction of sp³-hybridized carbons (Fsp3) is 0.107. The van der Waals surface area contributed by atoms with Crippen molar-refractivity contribution in [1.29, 1.82) is 0 Å². The summed E-state index contributed by atoms with van der Waals surface area (Å²) in [7, 11) is -4.04. The van der Waals surface area contributed by atoms with Gasteiger partial charge in [-0.3, -0.25) is 9.59 Å². The molecule has 0 aliphatic carbocycles. The maximum atomic E-state index is 13.3. The van der Waals surface area contributed by atoms with Crippen LogP contribution in [0.2, 0.25) is 0 Å². The Labute approximate surface area is 232 Å². The first kappa shape index (κ1) is 27.0. The standard InChI is InChI=1S/C28H23FN4O5S2/c1-16-13-21(9-11-22(16)26(34)32-40(37,38)25-12-3-17(2)39-25)33-27(35)23-10-8-20(14-24(23)31-28(33)36)30-15-18-4-6-19(29)7-5-18/h3-14,30H,15H2,1-2H3,(H,31,36)(H,32,34). The molecule has 0 saturated heterocycles. The molecule has 204 valence electrons. The number of nitrogens with zero attached hydrogens (tertiary/aromatic N) is 1. The number of aromatic nitrogens is 2. The third-order valence-electron chi connectivity index (χ3n) is 6.23. The van der Waals surface area contributed by atoms with Crippen LogP contribution in [0.15, 0.2) is 86.6 Å². The molecule has 1 amide bonds. The summed E-state index contributed by atoms with van der Waals surface area (Å²) in [4.78, 5) is 42.5. The molecule has 3 aromatic carbocycles. The number of aromatic amines is 1. The summed E-state index contributed by atoms with van der Waals surface area (Å²) in [5.41, 5.74) is 1.29. The molecule has 0 unspecified atom stereocenters. The number of carbonyl (C=O) groups is 1. The fourth-order valence-electron chi connectivity index (χ4n) is 4.19. The van der Waals surface area contributed by atoms with Gasteiger partial charge in [0, 0.05) is 22.7 Å². The van der Waals surface area contributed by atoms with Crippen molar-refractivity contribution in [3.8, 4) is 5.69 Å². The van der Waals surface area contributed by atoms with Crippen LogP contribution in [0, 0.1) is 19.7 Å². The van der Waals surface area contributed by atoms with Gasteiger partial charge in [-0.1, -0.05) is 12.1 Å². The van der Waals surface area contributed by atoms with Crippen LogP contribution in [0.1, 0.15) is 26.4 Å². The summed E-state index contributed by atoms with van der Waals surface area (Å²) in [5.74, 6) is -1.15. The molecular weight excluding hydrogens is 555 g/mol. The zero-order chi connectivity index (χ0) is 28.6. The Hall–Kier alpha value is -4.55. The monoisotopic (exact) mass is 578 g/mol. The van der Waals surface area contributed by atoms with E-state index in [1.165, 1.54) is 36.4 Å². The minimum absolute atomic E-state index is 0.0238. The fourth-order valence-corrected chi connectivity index (χ4v) is 6.44. The number of hydrogen-bond donors (Lipinski definition) is 3. The highest BCUT2D eigenvalue weighted by Gasteiger charge is 2.22. The predicted octanol–water partition coefficient (Wildman–Crippen LogP) is 4.23. The van der Waals surface area contributed by atoms with Crippen LogP contribution in [0.5, 0.6) is 0 Å². The minimum atomic E-state index is -4.04. The Morgan fingerprint density at radius 2 is 1.73 bits per heavy atom. The molecule has 0 saturated carbocycles. The summed E-state index contributed by atoms with van der Waals surface area (Å²) in [6, 6.07) is 18.3. The van der Waals surface area contributed by atoms with Crippen molar-refractivity contribution >= 4 is 43.9 Å². The molecule has 9 nitrogen and oxygen atoms in total. The lowest BCUT2D eigenvalue weighted by atomic mass is 10.1. The first-order valence-corrected chi connectivity index (χ1v) is 14.3. The van der Waals surface area contributed by atoms with Crippen molar-refractivity contribution in [3.63, 3.8) is 0 Å². The van der Waals surface area contributed by atoms with Crippen molar-refractivity contribution in [3.05, 3.63) is 121 Å². The largest absolute Gasteiger partial charge is 0.381 e. The lowest BCUT2D eigenvalue weighted by molar-refractivity contribution is 0.0981. The van der Waals surface area contributed by atoms with E-state index in [9.17, 15) is 27.2 Å². The van der Waals surface area contributed by atoms with Crippen LogP contribution in [0.4, 0.5) is 10.1 Å². The molecule has 12 heteroatoms. The number of benzene rings is 3. The lowest BCUT2D eigenvalue weighted by Crippen LogP contribution is -2.34. The summed E-state index contributed by atoms with van der Waals surface area (Å²) in [6.07, 6.45) is 0. The molecule has 0 spiro atoms. The minimum Gasteiger partial charge on any atom is -0.381 e. The molecule has 0 aliphatic rings. The average molecular weight is 579 g/mol. The second-order valence-electron chi connectivity index (χ2n) is 9.11. The highest BCUT2D eigenvalue weighted by molar-refractivity contribution is 7.92. The first-order chi connectivity index (χ1) is 19.0. The first-order valence-electron chi connectivity index (χ1n) is 12.0.